The van der Waals surface area contributed by atoms with Gasteiger partial charge in [0.2, 0.25) is 0 Å². The van der Waals surface area contributed by atoms with Crippen LogP contribution in [0.1, 0.15) is 0 Å². The van der Waals surface area contributed by atoms with Crippen molar-refractivity contribution in [2.24, 2.45) is 0 Å². The summed E-state index contributed by atoms with van der Waals surface area (Å²) in [5.41, 5.74) is 5.65. The second-order valence-corrected chi connectivity index (χ2v) is 2.86. The van der Waals surface area contributed by atoms with Gasteiger partial charge in [-0.2, -0.15) is 0 Å². The van der Waals surface area contributed by atoms with Crippen LogP contribution in [-0.4, -0.2) is 9.91 Å². The number of nitro groups is 1. The van der Waals surface area contributed by atoms with E-state index in [1.165, 1.54) is 12.3 Å². The van der Waals surface area contributed by atoms with Gasteiger partial charge in [0.15, 0.2) is 0 Å². The molecule has 0 amide bonds. The molecule has 0 spiro atoms. The van der Waals surface area contributed by atoms with Crippen LogP contribution in [-0.2, 0) is 0 Å². The number of hydrogen-bond donors (Lipinski definition) is 1. The van der Waals surface area contributed by atoms with Gasteiger partial charge >= 0.3 is 0 Å². The molecule has 0 atom stereocenters. The summed E-state index contributed by atoms with van der Waals surface area (Å²) in [5.74, 6) is 0. The molecule has 0 unspecified atom stereocenters. The number of fused-ring (bicyclic) bond motifs is 1. The van der Waals surface area contributed by atoms with Crippen molar-refractivity contribution in [2.45, 2.75) is 0 Å². The normalized spacial score (nSPS) is 10.3. The first kappa shape index (κ1) is 8.43. The quantitative estimate of drug-likeness (QED) is 0.420. The van der Waals surface area contributed by atoms with Crippen LogP contribution in [0, 0.1) is 10.1 Å². The lowest BCUT2D eigenvalue weighted by atomic mass is 10.1. The molecule has 1 aromatic heterocycles. The number of nitrogen functional groups attached to an aromatic ring is 1. The topological polar surface area (TPSA) is 82.0 Å². The minimum absolute atomic E-state index is 0.0510. The highest BCUT2D eigenvalue weighted by Gasteiger charge is 2.15. The zero-order valence-corrected chi connectivity index (χ0v) is 7.18. The van der Waals surface area contributed by atoms with Gasteiger partial charge in [0.05, 0.1) is 10.3 Å². The van der Waals surface area contributed by atoms with Gasteiger partial charge in [0.1, 0.15) is 5.69 Å². The lowest BCUT2D eigenvalue weighted by Gasteiger charge is -2.00. The van der Waals surface area contributed by atoms with Crippen LogP contribution in [0.5, 0.6) is 0 Å². The molecule has 0 aliphatic heterocycles. The van der Waals surface area contributed by atoms with Crippen LogP contribution in [0.15, 0.2) is 30.6 Å². The van der Waals surface area contributed by atoms with Crippen LogP contribution in [0.3, 0.4) is 0 Å². The summed E-state index contributed by atoms with van der Waals surface area (Å²) in [4.78, 5) is 14.1. The van der Waals surface area contributed by atoms with E-state index in [9.17, 15) is 10.1 Å². The Morgan fingerprint density at radius 2 is 2.14 bits per heavy atom. The predicted octanol–water partition coefficient (Wildman–Crippen LogP) is 1.73. The maximum Gasteiger partial charge on any atom is 0.299 e. The highest BCUT2D eigenvalue weighted by molar-refractivity contribution is 5.95. The maximum absolute atomic E-state index is 10.7. The van der Waals surface area contributed by atoms with Crippen LogP contribution >= 0.6 is 0 Å². The molecule has 2 N–H and O–H groups in total. The lowest BCUT2D eigenvalue weighted by molar-refractivity contribution is -0.382. The minimum atomic E-state index is -0.475. The number of anilines is 1. The minimum Gasteiger partial charge on any atom is -0.393 e. The summed E-state index contributed by atoms with van der Waals surface area (Å²) in [6.07, 6.45) is 3.08. The van der Waals surface area contributed by atoms with Gasteiger partial charge in [-0.15, -0.1) is 0 Å². The van der Waals surface area contributed by atoms with Crippen LogP contribution in [0.25, 0.3) is 10.8 Å². The molecule has 5 nitrogen and oxygen atoms in total. The van der Waals surface area contributed by atoms with Crippen molar-refractivity contribution in [3.05, 3.63) is 40.7 Å². The van der Waals surface area contributed by atoms with Gasteiger partial charge in [-0.1, -0.05) is 6.07 Å². The van der Waals surface area contributed by atoms with Gasteiger partial charge in [0.25, 0.3) is 5.69 Å². The summed E-state index contributed by atoms with van der Waals surface area (Å²) in [6.45, 7) is 0. The molecular weight excluding hydrogens is 182 g/mol. The Bertz CT molecular complexity index is 510. The van der Waals surface area contributed by atoms with Crippen molar-refractivity contribution in [3.63, 3.8) is 0 Å². The summed E-state index contributed by atoms with van der Waals surface area (Å²) in [6, 6.07) is 4.82. The fourth-order valence-corrected chi connectivity index (χ4v) is 1.37. The van der Waals surface area contributed by atoms with Gasteiger partial charge in [-0.25, -0.2) is 0 Å². The Balaban J connectivity index is 2.90. The first-order valence-corrected chi connectivity index (χ1v) is 3.97. The molecule has 2 rings (SSSR count). The first-order valence-electron chi connectivity index (χ1n) is 3.97. The van der Waals surface area contributed by atoms with Gasteiger partial charge < -0.3 is 5.73 Å². The average molecular weight is 189 g/mol. The number of nitrogens with zero attached hydrogens (tertiary/aromatic N) is 2. The van der Waals surface area contributed by atoms with E-state index in [-0.39, 0.29) is 11.4 Å². The highest BCUT2D eigenvalue weighted by Crippen LogP contribution is 2.30. The third kappa shape index (κ3) is 1.15. The zero-order chi connectivity index (χ0) is 10.1. The number of benzene rings is 1. The Labute approximate surface area is 79.3 Å². The van der Waals surface area contributed by atoms with Crippen molar-refractivity contribution in [3.8, 4) is 0 Å². The van der Waals surface area contributed by atoms with E-state index in [0.29, 0.717) is 10.8 Å². The summed E-state index contributed by atoms with van der Waals surface area (Å²) in [7, 11) is 0. The zero-order valence-electron chi connectivity index (χ0n) is 7.18. The molecule has 70 valence electrons. The van der Waals surface area contributed by atoms with E-state index in [2.05, 4.69) is 4.98 Å². The number of nitro benzene ring substituents is 1. The SMILES string of the molecule is Nc1ccc2cnccc2c1[N+](=O)[O-]. The molecule has 0 aliphatic rings. The van der Waals surface area contributed by atoms with Crippen LogP contribution in [0.4, 0.5) is 11.4 Å². The van der Waals surface area contributed by atoms with E-state index in [1.807, 2.05) is 0 Å². The molecule has 1 aromatic carbocycles. The molecule has 14 heavy (non-hydrogen) atoms. The number of aromatic nitrogens is 1. The molecule has 0 fully saturated rings. The second-order valence-electron chi connectivity index (χ2n) is 2.86. The van der Waals surface area contributed by atoms with Crippen molar-refractivity contribution in [1.29, 1.82) is 0 Å². The molecule has 2 aromatic rings. The third-order valence-corrected chi connectivity index (χ3v) is 2.01. The molecular formula is C9H7N3O2. The van der Waals surface area contributed by atoms with Gasteiger partial charge in [-0.05, 0) is 12.1 Å². The standard InChI is InChI=1S/C9H7N3O2/c10-8-2-1-6-5-11-4-3-7(6)9(8)12(13)14/h1-5H,10H2. The number of pyridine rings is 1. The molecule has 5 heteroatoms. The fraction of sp³-hybridized carbons (Fsp3) is 0. The first-order chi connectivity index (χ1) is 6.70. The van der Waals surface area contributed by atoms with E-state index in [4.69, 9.17) is 5.73 Å². The largest absolute Gasteiger partial charge is 0.393 e. The maximum atomic E-state index is 10.7. The fourth-order valence-electron chi connectivity index (χ4n) is 1.37. The summed E-state index contributed by atoms with van der Waals surface area (Å²) in [5, 5.41) is 12.0. The molecule has 0 saturated heterocycles. The third-order valence-electron chi connectivity index (χ3n) is 2.01. The Kier molecular flexibility index (Phi) is 1.78. The monoisotopic (exact) mass is 189 g/mol. The van der Waals surface area contributed by atoms with E-state index in [1.54, 1.807) is 18.3 Å². The molecule has 1 heterocycles. The van der Waals surface area contributed by atoms with Gasteiger partial charge in [0, 0.05) is 17.8 Å². The van der Waals surface area contributed by atoms with Crippen molar-refractivity contribution in [2.75, 3.05) is 5.73 Å². The Hall–Kier alpha value is -2.17. The van der Waals surface area contributed by atoms with Crippen molar-refractivity contribution < 1.29 is 4.92 Å². The smallest absolute Gasteiger partial charge is 0.299 e. The summed E-state index contributed by atoms with van der Waals surface area (Å²) < 4.78 is 0. The second kappa shape index (κ2) is 2.95. The molecule has 0 saturated carbocycles. The summed E-state index contributed by atoms with van der Waals surface area (Å²) >= 11 is 0. The Morgan fingerprint density at radius 3 is 2.86 bits per heavy atom. The van der Waals surface area contributed by atoms with Gasteiger partial charge in [-0.3, -0.25) is 15.1 Å². The molecule has 0 radical (unpaired) electrons. The number of nitrogens with two attached hydrogens (primary N) is 1. The van der Waals surface area contributed by atoms with Crippen LogP contribution in [0.2, 0.25) is 0 Å². The predicted molar refractivity (Wildman–Crippen MR) is 52.8 cm³/mol. The Morgan fingerprint density at radius 1 is 1.36 bits per heavy atom. The van der Waals surface area contributed by atoms with E-state index >= 15 is 0 Å². The van der Waals surface area contributed by atoms with Crippen molar-refractivity contribution in [1.82, 2.24) is 4.98 Å². The van der Waals surface area contributed by atoms with E-state index < -0.39 is 4.92 Å². The average Bonchev–Trinajstić information content (AvgIpc) is 2.17. The highest BCUT2D eigenvalue weighted by atomic mass is 16.6. The lowest BCUT2D eigenvalue weighted by Crippen LogP contribution is -1.96. The number of rotatable bonds is 1. The van der Waals surface area contributed by atoms with Crippen molar-refractivity contribution >= 4 is 22.1 Å². The number of hydrogen-bond acceptors (Lipinski definition) is 4. The molecule has 0 aliphatic carbocycles. The molecule has 0 bridgehead atoms. The van der Waals surface area contributed by atoms with E-state index in [0.717, 1.165) is 0 Å². The van der Waals surface area contributed by atoms with Crippen LogP contribution < -0.4 is 5.73 Å².